The number of allylic oxidation sites excluding steroid dienone is 2. The molecule has 2 aliphatic carbocycles. The SMILES string of the molecule is C1=CCCCC1.CC1CCCCC1.Cc1ccccc1C.Cc1ccccc1C. The van der Waals surface area contributed by atoms with E-state index in [9.17, 15) is 0 Å². The van der Waals surface area contributed by atoms with E-state index in [0.29, 0.717) is 0 Å². The summed E-state index contributed by atoms with van der Waals surface area (Å²) in [5.74, 6) is 1.04. The van der Waals surface area contributed by atoms with Gasteiger partial charge in [0.05, 0.1) is 0 Å². The number of hydrogen-bond acceptors (Lipinski definition) is 0. The topological polar surface area (TPSA) is 0 Å². The molecule has 0 N–H and O–H groups in total. The van der Waals surface area contributed by atoms with Crippen LogP contribution in [0.2, 0.25) is 0 Å². The molecule has 1 fully saturated rings. The molecule has 2 aromatic rings. The zero-order chi connectivity index (χ0) is 21.3. The third-order valence-corrected chi connectivity index (χ3v) is 5.90. The van der Waals surface area contributed by atoms with E-state index >= 15 is 0 Å². The maximum absolute atomic E-state index is 2.36. The number of hydrogen-bond donors (Lipinski definition) is 0. The predicted molar refractivity (Wildman–Crippen MR) is 132 cm³/mol. The molecule has 0 aromatic heterocycles. The van der Waals surface area contributed by atoms with Gasteiger partial charge in [0.1, 0.15) is 0 Å². The molecule has 2 aromatic carbocycles. The van der Waals surface area contributed by atoms with E-state index in [1.54, 1.807) is 0 Å². The second-order valence-corrected chi connectivity index (χ2v) is 8.67. The van der Waals surface area contributed by atoms with Crippen molar-refractivity contribution in [3.63, 3.8) is 0 Å². The summed E-state index contributed by atoms with van der Waals surface area (Å²) in [4.78, 5) is 0. The molecule has 160 valence electrons. The van der Waals surface area contributed by atoms with Crippen LogP contribution in [0, 0.1) is 33.6 Å². The van der Waals surface area contributed by atoms with Gasteiger partial charge in [-0.3, -0.25) is 0 Å². The molecule has 0 heterocycles. The molecule has 0 nitrogen and oxygen atoms in total. The van der Waals surface area contributed by atoms with Crippen LogP contribution in [0.1, 0.15) is 87.0 Å². The molecule has 0 spiro atoms. The standard InChI is InChI=1S/2C8H10.C7H14.C6H10/c2*1-7-5-3-4-6-8(7)2;1-7-5-3-2-4-6-7;1-2-4-6-5-3-1/h2*3-6H,1-2H3;7H,2-6H2,1H3;1-2H,3-6H2. The number of aryl methyl sites for hydroxylation is 4. The van der Waals surface area contributed by atoms with Gasteiger partial charge in [0.15, 0.2) is 0 Å². The maximum Gasteiger partial charge on any atom is -0.0351 e. The molecule has 0 radical (unpaired) electrons. The highest BCUT2D eigenvalue weighted by atomic mass is 14.1. The van der Waals surface area contributed by atoms with E-state index in [0.717, 1.165) is 5.92 Å². The van der Waals surface area contributed by atoms with Crippen molar-refractivity contribution < 1.29 is 0 Å². The maximum atomic E-state index is 2.36. The third-order valence-electron chi connectivity index (χ3n) is 5.90. The molecule has 0 heteroatoms. The van der Waals surface area contributed by atoms with Crippen LogP contribution < -0.4 is 0 Å². The van der Waals surface area contributed by atoms with Gasteiger partial charge in [0.25, 0.3) is 0 Å². The molecular formula is C29H44. The van der Waals surface area contributed by atoms with Crippen LogP contribution in [0.5, 0.6) is 0 Å². The minimum Gasteiger partial charge on any atom is -0.0885 e. The van der Waals surface area contributed by atoms with Gasteiger partial charge in [-0.2, -0.15) is 0 Å². The summed E-state index contributed by atoms with van der Waals surface area (Å²) in [6, 6.07) is 16.7. The Hall–Kier alpha value is -1.82. The minimum absolute atomic E-state index is 1.04. The smallest absolute Gasteiger partial charge is 0.0351 e. The van der Waals surface area contributed by atoms with Gasteiger partial charge >= 0.3 is 0 Å². The molecule has 0 bridgehead atoms. The zero-order valence-corrected chi connectivity index (χ0v) is 19.7. The summed E-state index contributed by atoms with van der Waals surface area (Å²) in [6.07, 6.45) is 17.4. The van der Waals surface area contributed by atoms with Crippen molar-refractivity contribution in [1.82, 2.24) is 0 Å². The lowest BCUT2D eigenvalue weighted by molar-refractivity contribution is 0.385. The molecule has 1 saturated carbocycles. The Kier molecular flexibility index (Phi) is 13.9. The lowest BCUT2D eigenvalue weighted by Crippen LogP contribution is -1.99. The van der Waals surface area contributed by atoms with Crippen molar-refractivity contribution in [2.75, 3.05) is 0 Å². The van der Waals surface area contributed by atoms with Crippen LogP contribution >= 0.6 is 0 Å². The fraction of sp³-hybridized carbons (Fsp3) is 0.517. The van der Waals surface area contributed by atoms with Crippen molar-refractivity contribution in [2.45, 2.75) is 92.4 Å². The molecular weight excluding hydrogens is 348 g/mol. The molecule has 0 aliphatic heterocycles. The minimum atomic E-state index is 1.04. The molecule has 0 unspecified atom stereocenters. The first-order chi connectivity index (χ1) is 14.0. The summed E-state index contributed by atoms with van der Waals surface area (Å²) in [5, 5.41) is 0. The molecule has 0 amide bonds. The average Bonchev–Trinajstić information content (AvgIpc) is 2.76. The highest BCUT2D eigenvalue weighted by Crippen LogP contribution is 2.22. The van der Waals surface area contributed by atoms with Crippen LogP contribution in [0.15, 0.2) is 60.7 Å². The van der Waals surface area contributed by atoms with E-state index in [4.69, 9.17) is 0 Å². The van der Waals surface area contributed by atoms with Crippen molar-refractivity contribution >= 4 is 0 Å². The fourth-order valence-electron chi connectivity index (χ4n) is 3.39. The third kappa shape index (κ3) is 13.1. The lowest BCUT2D eigenvalue weighted by atomic mass is 9.91. The Balaban J connectivity index is 0.000000194. The second kappa shape index (κ2) is 16.0. The molecule has 2 aliphatic rings. The summed E-state index contributed by atoms with van der Waals surface area (Å²) < 4.78 is 0. The van der Waals surface area contributed by atoms with Gasteiger partial charge in [0.2, 0.25) is 0 Å². The van der Waals surface area contributed by atoms with E-state index in [1.165, 1.54) is 80.0 Å². The van der Waals surface area contributed by atoms with Gasteiger partial charge in [-0.05, 0) is 81.5 Å². The second-order valence-electron chi connectivity index (χ2n) is 8.67. The molecule has 29 heavy (non-hydrogen) atoms. The van der Waals surface area contributed by atoms with Crippen molar-refractivity contribution in [3.8, 4) is 0 Å². The van der Waals surface area contributed by atoms with Crippen LogP contribution in [0.3, 0.4) is 0 Å². The molecule has 0 atom stereocenters. The Labute approximate surface area is 181 Å². The van der Waals surface area contributed by atoms with Gasteiger partial charge in [-0.25, -0.2) is 0 Å². The van der Waals surface area contributed by atoms with Crippen LogP contribution in [0.4, 0.5) is 0 Å². The quantitative estimate of drug-likeness (QED) is 0.392. The van der Waals surface area contributed by atoms with E-state index in [-0.39, 0.29) is 0 Å². The Morgan fingerprint density at radius 2 is 0.862 bits per heavy atom. The normalized spacial score (nSPS) is 15.6. The highest BCUT2D eigenvalue weighted by molar-refractivity contribution is 5.24. The number of rotatable bonds is 0. The summed E-state index contributed by atoms with van der Waals surface area (Å²) >= 11 is 0. The van der Waals surface area contributed by atoms with Crippen LogP contribution in [-0.2, 0) is 0 Å². The van der Waals surface area contributed by atoms with Crippen molar-refractivity contribution in [1.29, 1.82) is 0 Å². The molecule has 4 rings (SSSR count). The van der Waals surface area contributed by atoms with Gasteiger partial charge in [-0.15, -0.1) is 0 Å². The van der Waals surface area contributed by atoms with Gasteiger partial charge < -0.3 is 0 Å². The molecule has 0 saturated heterocycles. The lowest BCUT2D eigenvalue weighted by Gasteiger charge is -2.15. The summed E-state index contributed by atoms with van der Waals surface area (Å²) in [5.41, 5.74) is 5.47. The van der Waals surface area contributed by atoms with Crippen LogP contribution in [-0.4, -0.2) is 0 Å². The van der Waals surface area contributed by atoms with Crippen LogP contribution in [0.25, 0.3) is 0 Å². The predicted octanol–water partition coefficient (Wildman–Crippen LogP) is 9.31. The first kappa shape index (κ1) is 25.2. The largest absolute Gasteiger partial charge is 0.0885 e. The summed E-state index contributed by atoms with van der Waals surface area (Å²) in [6.45, 7) is 10.8. The highest BCUT2D eigenvalue weighted by Gasteiger charge is 2.05. The summed E-state index contributed by atoms with van der Waals surface area (Å²) in [7, 11) is 0. The Bertz CT molecular complexity index is 580. The zero-order valence-electron chi connectivity index (χ0n) is 19.7. The van der Waals surface area contributed by atoms with E-state index in [1.807, 2.05) is 0 Å². The van der Waals surface area contributed by atoms with Crippen molar-refractivity contribution in [2.24, 2.45) is 5.92 Å². The average molecular weight is 393 g/mol. The monoisotopic (exact) mass is 392 g/mol. The van der Waals surface area contributed by atoms with Gasteiger partial charge in [-0.1, -0.05) is 99.7 Å². The Morgan fingerprint density at radius 3 is 1.03 bits per heavy atom. The van der Waals surface area contributed by atoms with Crippen molar-refractivity contribution in [3.05, 3.63) is 82.9 Å². The van der Waals surface area contributed by atoms with E-state index < -0.39 is 0 Å². The Morgan fingerprint density at radius 1 is 0.517 bits per heavy atom. The fourth-order valence-corrected chi connectivity index (χ4v) is 3.39. The number of benzene rings is 2. The first-order valence-electron chi connectivity index (χ1n) is 11.7. The van der Waals surface area contributed by atoms with Gasteiger partial charge in [0, 0.05) is 0 Å². The van der Waals surface area contributed by atoms with E-state index in [2.05, 4.69) is 95.3 Å². The first-order valence-corrected chi connectivity index (χ1v) is 11.7.